The van der Waals surface area contributed by atoms with E-state index in [4.69, 9.17) is 4.74 Å². The zero-order valence-electron chi connectivity index (χ0n) is 16.9. The van der Waals surface area contributed by atoms with E-state index in [1.165, 1.54) is 16.4 Å². The second-order valence-electron chi connectivity index (χ2n) is 6.68. The van der Waals surface area contributed by atoms with Gasteiger partial charge in [-0.3, -0.25) is 4.79 Å². The van der Waals surface area contributed by atoms with Crippen LogP contribution in [0.15, 0.2) is 51.8 Å². The van der Waals surface area contributed by atoms with Crippen LogP contribution in [-0.4, -0.2) is 38.3 Å². The van der Waals surface area contributed by atoms with Crippen molar-refractivity contribution >= 4 is 37.5 Å². The first-order valence-corrected chi connectivity index (χ1v) is 11.8. The number of hydrogen-bond donors (Lipinski definition) is 1. The summed E-state index contributed by atoms with van der Waals surface area (Å²) in [4.78, 5) is 12.3. The number of sulfonamides is 1. The third-order valence-electron chi connectivity index (χ3n) is 4.22. The lowest BCUT2D eigenvalue weighted by Crippen LogP contribution is -2.32. The van der Waals surface area contributed by atoms with Crippen LogP contribution in [-0.2, 0) is 14.8 Å². The zero-order valence-corrected chi connectivity index (χ0v) is 19.3. The summed E-state index contributed by atoms with van der Waals surface area (Å²) < 4.78 is 33.5. The minimum Gasteiger partial charge on any atom is -0.484 e. The van der Waals surface area contributed by atoms with Crippen LogP contribution in [0.2, 0.25) is 0 Å². The number of aryl methyl sites for hydroxylation is 1. The summed E-state index contributed by atoms with van der Waals surface area (Å²) in [6, 6.07) is 11.7. The number of hydrogen-bond acceptors (Lipinski definition) is 4. The average molecular weight is 483 g/mol. The van der Waals surface area contributed by atoms with E-state index in [0.717, 1.165) is 22.9 Å². The maximum Gasteiger partial charge on any atom is 0.262 e. The third-order valence-corrected chi connectivity index (χ3v) is 7.02. The van der Waals surface area contributed by atoms with Gasteiger partial charge in [-0.1, -0.05) is 29.8 Å². The Labute approximate surface area is 181 Å². The van der Waals surface area contributed by atoms with Crippen molar-refractivity contribution in [3.05, 3.63) is 52.5 Å². The Kier molecular flexibility index (Phi) is 8.67. The smallest absolute Gasteiger partial charge is 0.262 e. The van der Waals surface area contributed by atoms with Crippen LogP contribution in [0, 0.1) is 6.92 Å². The van der Waals surface area contributed by atoms with Crippen LogP contribution in [0.4, 0.5) is 5.69 Å². The molecule has 2 aromatic carbocycles. The standard InChI is InChI=1S/C21H27BrN2O4S/c1-4-12-24(13-5-2)29(26,27)19-9-6-17(7-10-19)23-21(25)15-28-18-8-11-20(22)16(3)14-18/h6-11,14H,4-5,12-13,15H2,1-3H3,(H,23,25). The highest BCUT2D eigenvalue weighted by atomic mass is 79.9. The molecule has 0 heterocycles. The van der Waals surface area contributed by atoms with Crippen LogP contribution in [0.5, 0.6) is 5.75 Å². The molecular formula is C21H27BrN2O4S. The molecule has 0 atom stereocenters. The highest BCUT2D eigenvalue weighted by Gasteiger charge is 2.22. The van der Waals surface area contributed by atoms with Crippen molar-refractivity contribution in [1.82, 2.24) is 4.31 Å². The molecule has 0 fully saturated rings. The van der Waals surface area contributed by atoms with E-state index in [9.17, 15) is 13.2 Å². The minimum absolute atomic E-state index is 0.137. The molecule has 29 heavy (non-hydrogen) atoms. The number of benzene rings is 2. The molecule has 1 amide bonds. The highest BCUT2D eigenvalue weighted by Crippen LogP contribution is 2.22. The summed E-state index contributed by atoms with van der Waals surface area (Å²) in [6.07, 6.45) is 1.51. The van der Waals surface area contributed by atoms with E-state index in [0.29, 0.717) is 24.5 Å². The van der Waals surface area contributed by atoms with E-state index < -0.39 is 10.0 Å². The number of halogens is 1. The number of amides is 1. The number of nitrogens with one attached hydrogen (secondary N) is 1. The van der Waals surface area contributed by atoms with E-state index in [1.807, 2.05) is 32.9 Å². The molecule has 0 aliphatic heterocycles. The van der Waals surface area contributed by atoms with Crippen LogP contribution in [0.1, 0.15) is 32.3 Å². The Morgan fingerprint density at radius 2 is 1.69 bits per heavy atom. The monoisotopic (exact) mass is 482 g/mol. The predicted molar refractivity (Wildman–Crippen MR) is 119 cm³/mol. The van der Waals surface area contributed by atoms with Crippen molar-refractivity contribution < 1.29 is 17.9 Å². The molecule has 158 valence electrons. The Morgan fingerprint density at radius 3 is 2.24 bits per heavy atom. The molecule has 0 aliphatic carbocycles. The Hall–Kier alpha value is -1.90. The number of rotatable bonds is 10. The Morgan fingerprint density at radius 1 is 1.07 bits per heavy atom. The van der Waals surface area contributed by atoms with Gasteiger partial charge in [0.25, 0.3) is 5.91 Å². The van der Waals surface area contributed by atoms with Gasteiger partial charge in [-0.05, 0) is 67.8 Å². The number of carbonyl (C=O) groups is 1. The van der Waals surface area contributed by atoms with Crippen molar-refractivity contribution in [1.29, 1.82) is 0 Å². The number of ether oxygens (including phenoxy) is 1. The lowest BCUT2D eigenvalue weighted by molar-refractivity contribution is -0.118. The molecule has 0 radical (unpaired) electrons. The minimum atomic E-state index is -3.53. The van der Waals surface area contributed by atoms with Gasteiger partial charge in [0, 0.05) is 23.2 Å². The van der Waals surface area contributed by atoms with Gasteiger partial charge in [-0.2, -0.15) is 4.31 Å². The third kappa shape index (κ3) is 6.55. The fourth-order valence-corrected chi connectivity index (χ4v) is 4.63. The molecule has 8 heteroatoms. The second kappa shape index (κ2) is 10.8. The van der Waals surface area contributed by atoms with E-state index in [2.05, 4.69) is 21.2 Å². The predicted octanol–water partition coefficient (Wildman–Crippen LogP) is 4.59. The lowest BCUT2D eigenvalue weighted by atomic mass is 10.2. The molecule has 2 aromatic rings. The first kappa shape index (κ1) is 23.4. The fraction of sp³-hybridized carbons (Fsp3) is 0.381. The van der Waals surface area contributed by atoms with Crippen LogP contribution < -0.4 is 10.1 Å². The number of anilines is 1. The molecular weight excluding hydrogens is 456 g/mol. The van der Waals surface area contributed by atoms with Gasteiger partial charge in [0.05, 0.1) is 4.90 Å². The van der Waals surface area contributed by atoms with Gasteiger partial charge in [0.15, 0.2) is 6.61 Å². The molecule has 1 N–H and O–H groups in total. The summed E-state index contributed by atoms with van der Waals surface area (Å²) in [7, 11) is -3.53. The van der Waals surface area contributed by atoms with Crippen molar-refractivity contribution in [2.75, 3.05) is 25.0 Å². The van der Waals surface area contributed by atoms with Gasteiger partial charge >= 0.3 is 0 Å². The molecule has 0 aromatic heterocycles. The molecule has 0 spiro atoms. The average Bonchev–Trinajstić information content (AvgIpc) is 2.69. The van der Waals surface area contributed by atoms with Gasteiger partial charge in [0.2, 0.25) is 10.0 Å². The van der Waals surface area contributed by atoms with E-state index >= 15 is 0 Å². The van der Waals surface area contributed by atoms with Gasteiger partial charge < -0.3 is 10.1 Å². The fourth-order valence-electron chi connectivity index (χ4n) is 2.76. The summed E-state index contributed by atoms with van der Waals surface area (Å²) in [6.45, 7) is 6.68. The Bertz CT molecular complexity index is 924. The normalized spacial score (nSPS) is 11.5. The van der Waals surface area contributed by atoms with Crippen molar-refractivity contribution in [3.63, 3.8) is 0 Å². The molecule has 6 nitrogen and oxygen atoms in total. The number of nitrogens with zero attached hydrogens (tertiary/aromatic N) is 1. The largest absolute Gasteiger partial charge is 0.484 e. The SMILES string of the molecule is CCCN(CCC)S(=O)(=O)c1ccc(NC(=O)COc2ccc(Br)c(C)c2)cc1. The van der Waals surface area contributed by atoms with E-state index in [1.54, 1.807) is 18.2 Å². The molecule has 0 saturated heterocycles. The molecule has 2 rings (SSSR count). The van der Waals surface area contributed by atoms with Crippen molar-refractivity contribution in [2.24, 2.45) is 0 Å². The summed E-state index contributed by atoms with van der Waals surface area (Å²) in [5.74, 6) is 0.286. The van der Waals surface area contributed by atoms with Crippen LogP contribution in [0.3, 0.4) is 0 Å². The van der Waals surface area contributed by atoms with Crippen LogP contribution >= 0.6 is 15.9 Å². The van der Waals surface area contributed by atoms with Gasteiger partial charge in [-0.15, -0.1) is 0 Å². The number of carbonyl (C=O) groups excluding carboxylic acids is 1. The highest BCUT2D eigenvalue weighted by molar-refractivity contribution is 9.10. The van der Waals surface area contributed by atoms with Crippen molar-refractivity contribution in [2.45, 2.75) is 38.5 Å². The van der Waals surface area contributed by atoms with Crippen molar-refractivity contribution in [3.8, 4) is 5.75 Å². The topological polar surface area (TPSA) is 75.7 Å². The molecule has 0 saturated carbocycles. The maximum absolute atomic E-state index is 12.8. The summed E-state index contributed by atoms with van der Waals surface area (Å²) in [5.41, 5.74) is 1.53. The molecule has 0 aliphatic rings. The quantitative estimate of drug-likeness (QED) is 0.537. The second-order valence-corrected chi connectivity index (χ2v) is 9.47. The van der Waals surface area contributed by atoms with E-state index in [-0.39, 0.29) is 17.4 Å². The first-order chi connectivity index (χ1) is 13.8. The van der Waals surface area contributed by atoms with Gasteiger partial charge in [-0.25, -0.2) is 8.42 Å². The molecule has 0 bridgehead atoms. The lowest BCUT2D eigenvalue weighted by Gasteiger charge is -2.21. The maximum atomic E-state index is 12.8. The van der Waals surface area contributed by atoms with Gasteiger partial charge in [0.1, 0.15) is 5.75 Å². The molecule has 0 unspecified atom stereocenters. The Balaban J connectivity index is 1.98. The zero-order chi connectivity index (χ0) is 21.4. The van der Waals surface area contributed by atoms with Crippen LogP contribution in [0.25, 0.3) is 0 Å². The summed E-state index contributed by atoms with van der Waals surface area (Å²) in [5, 5.41) is 2.71. The first-order valence-electron chi connectivity index (χ1n) is 9.57. The summed E-state index contributed by atoms with van der Waals surface area (Å²) >= 11 is 3.42.